The second kappa shape index (κ2) is 4.91. The van der Waals surface area contributed by atoms with Crippen LogP contribution in [0.3, 0.4) is 0 Å². The molecule has 1 saturated carbocycles. The van der Waals surface area contributed by atoms with Gasteiger partial charge in [0.25, 0.3) is 0 Å². The van der Waals surface area contributed by atoms with Crippen LogP contribution in [0.1, 0.15) is 19.8 Å². The quantitative estimate of drug-likeness (QED) is 0.315. The Morgan fingerprint density at radius 1 is 1.59 bits per heavy atom. The largest absolute Gasteiger partial charge is 0.409 e. The van der Waals surface area contributed by atoms with E-state index in [0.717, 1.165) is 12.8 Å². The molecule has 2 unspecified atom stereocenters. The van der Waals surface area contributed by atoms with Gasteiger partial charge < -0.3 is 20.6 Å². The standard InChI is InChI=1S/C11H19N3O3/c1-7(8-2-3-8)11(15)14-4-5-17-9(6-14)10(12)13-16/h7-9,16H,2-6H2,1H3,(H2,12,13). The summed E-state index contributed by atoms with van der Waals surface area (Å²) in [5, 5.41) is 11.5. The SMILES string of the molecule is CC(C(=O)N1CCOC(C(N)=NO)C1)C1CC1. The van der Waals surface area contributed by atoms with Gasteiger partial charge in [0.1, 0.15) is 6.10 Å². The summed E-state index contributed by atoms with van der Waals surface area (Å²) in [7, 11) is 0. The van der Waals surface area contributed by atoms with Crippen LogP contribution in [0, 0.1) is 11.8 Å². The van der Waals surface area contributed by atoms with E-state index in [9.17, 15) is 4.79 Å². The number of morpholine rings is 1. The maximum Gasteiger partial charge on any atom is 0.225 e. The number of carbonyl (C=O) groups excluding carboxylic acids is 1. The first-order valence-electron chi connectivity index (χ1n) is 6.01. The van der Waals surface area contributed by atoms with E-state index in [1.54, 1.807) is 4.90 Å². The lowest BCUT2D eigenvalue weighted by molar-refractivity contribution is -0.141. The van der Waals surface area contributed by atoms with Gasteiger partial charge in [0.05, 0.1) is 13.2 Å². The number of nitrogens with zero attached hydrogens (tertiary/aromatic N) is 2. The molecule has 0 bridgehead atoms. The van der Waals surface area contributed by atoms with Gasteiger partial charge in [-0.3, -0.25) is 4.79 Å². The number of ether oxygens (including phenoxy) is 1. The maximum absolute atomic E-state index is 12.2. The van der Waals surface area contributed by atoms with Crippen molar-refractivity contribution in [1.29, 1.82) is 0 Å². The van der Waals surface area contributed by atoms with E-state index in [2.05, 4.69) is 5.16 Å². The van der Waals surface area contributed by atoms with Gasteiger partial charge in [-0.2, -0.15) is 0 Å². The van der Waals surface area contributed by atoms with Gasteiger partial charge in [0.15, 0.2) is 5.84 Å². The second-order valence-corrected chi connectivity index (χ2v) is 4.79. The van der Waals surface area contributed by atoms with Crippen molar-refractivity contribution in [2.24, 2.45) is 22.7 Å². The number of oxime groups is 1. The Balaban J connectivity index is 1.94. The summed E-state index contributed by atoms with van der Waals surface area (Å²) in [5.74, 6) is 0.821. The van der Waals surface area contributed by atoms with Gasteiger partial charge in [-0.25, -0.2) is 0 Å². The van der Waals surface area contributed by atoms with E-state index in [1.807, 2.05) is 6.92 Å². The van der Waals surface area contributed by atoms with Crippen molar-refractivity contribution in [1.82, 2.24) is 4.90 Å². The molecule has 3 N–H and O–H groups in total. The third kappa shape index (κ3) is 2.69. The first-order valence-corrected chi connectivity index (χ1v) is 6.01. The number of carbonyl (C=O) groups is 1. The van der Waals surface area contributed by atoms with Crippen molar-refractivity contribution in [3.8, 4) is 0 Å². The Labute approximate surface area is 100 Å². The number of nitrogens with two attached hydrogens (primary N) is 1. The van der Waals surface area contributed by atoms with Crippen LogP contribution in [0.5, 0.6) is 0 Å². The highest BCUT2D eigenvalue weighted by Crippen LogP contribution is 2.37. The number of amidine groups is 1. The van der Waals surface area contributed by atoms with Crippen molar-refractivity contribution in [2.45, 2.75) is 25.9 Å². The Bertz CT molecular complexity index is 328. The van der Waals surface area contributed by atoms with Crippen molar-refractivity contribution in [3.05, 3.63) is 0 Å². The zero-order valence-electron chi connectivity index (χ0n) is 10.0. The minimum absolute atomic E-state index is 0.0292. The summed E-state index contributed by atoms with van der Waals surface area (Å²) in [6, 6.07) is 0. The van der Waals surface area contributed by atoms with Crippen LogP contribution in [0.4, 0.5) is 0 Å². The predicted octanol–water partition coefficient (Wildman–Crippen LogP) is 0.00630. The molecule has 1 amide bonds. The molecule has 1 aliphatic heterocycles. The molecule has 6 heteroatoms. The van der Waals surface area contributed by atoms with E-state index >= 15 is 0 Å². The molecule has 2 aliphatic rings. The molecule has 2 fully saturated rings. The monoisotopic (exact) mass is 241 g/mol. The molecule has 2 atom stereocenters. The lowest BCUT2D eigenvalue weighted by Crippen LogP contribution is -2.51. The molecule has 1 heterocycles. The first kappa shape index (κ1) is 12.2. The molecule has 0 aromatic carbocycles. The topological polar surface area (TPSA) is 88.2 Å². The molecular weight excluding hydrogens is 222 g/mol. The Morgan fingerprint density at radius 3 is 2.88 bits per heavy atom. The zero-order chi connectivity index (χ0) is 12.4. The summed E-state index contributed by atoms with van der Waals surface area (Å²) in [5.41, 5.74) is 5.50. The van der Waals surface area contributed by atoms with Crippen LogP contribution in [0.15, 0.2) is 5.16 Å². The van der Waals surface area contributed by atoms with Crippen molar-refractivity contribution < 1.29 is 14.7 Å². The predicted molar refractivity (Wildman–Crippen MR) is 61.6 cm³/mol. The van der Waals surface area contributed by atoms with Gasteiger partial charge >= 0.3 is 0 Å². The summed E-state index contributed by atoms with van der Waals surface area (Å²) < 4.78 is 5.36. The first-order chi connectivity index (χ1) is 8.13. The molecule has 1 saturated heterocycles. The molecule has 0 aromatic rings. The third-order valence-electron chi connectivity index (χ3n) is 3.54. The summed E-state index contributed by atoms with van der Waals surface area (Å²) >= 11 is 0. The highest BCUT2D eigenvalue weighted by molar-refractivity contribution is 5.86. The van der Waals surface area contributed by atoms with Crippen LogP contribution in [0.25, 0.3) is 0 Å². The van der Waals surface area contributed by atoms with Crippen molar-refractivity contribution >= 4 is 11.7 Å². The summed E-state index contributed by atoms with van der Waals surface area (Å²) in [6.07, 6.45) is 1.83. The fourth-order valence-electron chi connectivity index (χ4n) is 2.18. The second-order valence-electron chi connectivity index (χ2n) is 4.79. The fourth-order valence-corrected chi connectivity index (χ4v) is 2.18. The lowest BCUT2D eigenvalue weighted by atomic mass is 10.0. The van der Waals surface area contributed by atoms with Crippen molar-refractivity contribution in [3.63, 3.8) is 0 Å². The Morgan fingerprint density at radius 2 is 2.29 bits per heavy atom. The molecule has 0 aromatic heterocycles. The van der Waals surface area contributed by atoms with E-state index in [1.165, 1.54) is 0 Å². The zero-order valence-corrected chi connectivity index (χ0v) is 10.0. The van der Waals surface area contributed by atoms with Crippen LogP contribution in [0.2, 0.25) is 0 Å². The van der Waals surface area contributed by atoms with Gasteiger partial charge in [-0.1, -0.05) is 12.1 Å². The number of rotatable bonds is 3. The van der Waals surface area contributed by atoms with Gasteiger partial charge in [-0.15, -0.1) is 0 Å². The van der Waals surface area contributed by atoms with Crippen LogP contribution in [-0.2, 0) is 9.53 Å². The summed E-state index contributed by atoms with van der Waals surface area (Å²) in [4.78, 5) is 13.9. The average molecular weight is 241 g/mol. The summed E-state index contributed by atoms with van der Waals surface area (Å²) in [6.45, 7) is 3.38. The lowest BCUT2D eigenvalue weighted by Gasteiger charge is -2.33. The Hall–Kier alpha value is -1.30. The van der Waals surface area contributed by atoms with Gasteiger partial charge in [-0.05, 0) is 18.8 Å². The van der Waals surface area contributed by atoms with Gasteiger partial charge in [0.2, 0.25) is 5.91 Å². The number of hydrogen-bond donors (Lipinski definition) is 2. The number of hydrogen-bond acceptors (Lipinski definition) is 4. The molecule has 0 spiro atoms. The van der Waals surface area contributed by atoms with E-state index in [0.29, 0.717) is 25.6 Å². The van der Waals surface area contributed by atoms with Crippen molar-refractivity contribution in [2.75, 3.05) is 19.7 Å². The smallest absolute Gasteiger partial charge is 0.225 e. The van der Waals surface area contributed by atoms with Crippen LogP contribution < -0.4 is 5.73 Å². The normalized spacial score (nSPS) is 27.9. The van der Waals surface area contributed by atoms with Crippen LogP contribution >= 0.6 is 0 Å². The molecule has 2 rings (SSSR count). The number of amides is 1. The molecule has 0 radical (unpaired) electrons. The molecule has 6 nitrogen and oxygen atoms in total. The third-order valence-corrected chi connectivity index (χ3v) is 3.54. The molecular formula is C11H19N3O3. The minimum Gasteiger partial charge on any atom is -0.409 e. The van der Waals surface area contributed by atoms with E-state index in [-0.39, 0.29) is 17.7 Å². The van der Waals surface area contributed by atoms with E-state index < -0.39 is 6.10 Å². The van der Waals surface area contributed by atoms with Gasteiger partial charge in [0, 0.05) is 12.5 Å². The molecule has 17 heavy (non-hydrogen) atoms. The van der Waals surface area contributed by atoms with E-state index in [4.69, 9.17) is 15.7 Å². The highest BCUT2D eigenvalue weighted by atomic mass is 16.5. The Kier molecular flexibility index (Phi) is 3.51. The molecule has 1 aliphatic carbocycles. The highest BCUT2D eigenvalue weighted by Gasteiger charge is 2.36. The van der Waals surface area contributed by atoms with Crippen LogP contribution in [-0.4, -0.2) is 47.7 Å². The average Bonchev–Trinajstić information content (AvgIpc) is 3.20. The fraction of sp³-hybridized carbons (Fsp3) is 0.818. The minimum atomic E-state index is -0.482. The maximum atomic E-state index is 12.2. The molecule has 96 valence electrons.